The van der Waals surface area contributed by atoms with Crippen LogP contribution in [0.25, 0.3) is 10.9 Å². The number of aliphatic carboxylic acids is 1. The molecule has 0 radical (unpaired) electrons. The highest BCUT2D eigenvalue weighted by atomic mass is 16.4. The molecule has 1 heterocycles. The fraction of sp³-hybridized carbons (Fsp3) is 0.576. The van der Waals surface area contributed by atoms with Crippen LogP contribution >= 0.6 is 0 Å². The molecule has 2 rings (SSSR count). The standard InChI is InChI=1S/C33H51N5O5/c1-20(2)25(18-21(3)29(41)35-17-16-26(39)40)38(11)31(43)28(32(4,5)6)36-30(42)27(34-9)33(7,8)23-19-37(10)24-15-13-12-14-22(23)24/h12-15,18-20,25,27-28,34H,16-17H2,1-11H3,(H,35,41)(H,36,42)(H,39,40)/b21-18+/t25-,27-,28?/m1/s1. The molecule has 1 aromatic heterocycles. The van der Waals surface area contributed by atoms with E-state index in [0.29, 0.717) is 5.57 Å². The summed E-state index contributed by atoms with van der Waals surface area (Å²) >= 11 is 0. The molecule has 2 aromatic rings. The number of aryl methyl sites for hydroxylation is 1. The van der Waals surface area contributed by atoms with E-state index in [-0.39, 0.29) is 36.6 Å². The molecule has 1 aromatic carbocycles. The van der Waals surface area contributed by atoms with Gasteiger partial charge in [0, 0.05) is 48.7 Å². The summed E-state index contributed by atoms with van der Waals surface area (Å²) in [6, 6.07) is 6.16. The molecule has 238 valence electrons. The second kappa shape index (κ2) is 14.2. The van der Waals surface area contributed by atoms with Crippen LogP contribution in [0, 0.1) is 11.3 Å². The van der Waals surface area contributed by atoms with E-state index in [2.05, 4.69) is 38.8 Å². The van der Waals surface area contributed by atoms with Crippen molar-refractivity contribution in [3.63, 3.8) is 0 Å². The number of hydrogen-bond acceptors (Lipinski definition) is 5. The molecule has 10 heteroatoms. The van der Waals surface area contributed by atoms with Gasteiger partial charge < -0.3 is 30.5 Å². The topological polar surface area (TPSA) is 133 Å². The summed E-state index contributed by atoms with van der Waals surface area (Å²) in [7, 11) is 5.42. The molecule has 0 spiro atoms. The Balaban J connectivity index is 2.36. The fourth-order valence-corrected chi connectivity index (χ4v) is 5.56. The number of benzene rings is 1. The summed E-state index contributed by atoms with van der Waals surface area (Å²) in [5, 5.41) is 18.8. The van der Waals surface area contributed by atoms with E-state index in [9.17, 15) is 19.2 Å². The Bertz CT molecular complexity index is 1350. The summed E-state index contributed by atoms with van der Waals surface area (Å²) in [6.07, 6.45) is 3.60. The second-order valence-corrected chi connectivity index (χ2v) is 13.4. The van der Waals surface area contributed by atoms with Crippen molar-refractivity contribution in [2.45, 2.75) is 85.4 Å². The number of nitrogens with one attached hydrogen (secondary N) is 3. The third-order valence-electron chi connectivity index (χ3n) is 8.14. The molecule has 0 aliphatic rings. The molecule has 4 N–H and O–H groups in total. The number of fused-ring (bicyclic) bond motifs is 1. The maximum Gasteiger partial charge on any atom is 0.305 e. The molecule has 43 heavy (non-hydrogen) atoms. The van der Waals surface area contributed by atoms with E-state index >= 15 is 0 Å². The second-order valence-electron chi connectivity index (χ2n) is 13.4. The molecule has 0 saturated carbocycles. The number of rotatable bonds is 13. The molecular formula is C33H51N5O5. The van der Waals surface area contributed by atoms with Crippen LogP contribution in [0.5, 0.6) is 0 Å². The highest BCUT2D eigenvalue weighted by Crippen LogP contribution is 2.35. The zero-order valence-corrected chi connectivity index (χ0v) is 27.7. The van der Waals surface area contributed by atoms with Gasteiger partial charge in [0.05, 0.1) is 18.5 Å². The number of nitrogens with zero attached hydrogens (tertiary/aromatic N) is 2. The molecule has 1 unspecified atom stereocenters. The number of aromatic nitrogens is 1. The lowest BCUT2D eigenvalue weighted by molar-refractivity contribution is -0.141. The Morgan fingerprint density at radius 3 is 2.19 bits per heavy atom. The summed E-state index contributed by atoms with van der Waals surface area (Å²) in [4.78, 5) is 53.0. The van der Waals surface area contributed by atoms with Crippen molar-refractivity contribution in [2.75, 3.05) is 20.6 Å². The Hall–Kier alpha value is -3.66. The lowest BCUT2D eigenvalue weighted by Crippen LogP contribution is -2.61. The van der Waals surface area contributed by atoms with Gasteiger partial charge in [0.15, 0.2) is 0 Å². The molecule has 0 aliphatic carbocycles. The summed E-state index contributed by atoms with van der Waals surface area (Å²) in [5.74, 6) is -1.98. The van der Waals surface area contributed by atoms with Crippen molar-refractivity contribution < 1.29 is 24.3 Å². The molecule has 0 fully saturated rings. The molecule has 0 bridgehead atoms. The van der Waals surface area contributed by atoms with Gasteiger partial charge >= 0.3 is 5.97 Å². The van der Waals surface area contributed by atoms with Crippen molar-refractivity contribution in [1.29, 1.82) is 0 Å². The minimum absolute atomic E-state index is 0.0142. The van der Waals surface area contributed by atoms with Gasteiger partial charge in [-0.1, -0.05) is 72.7 Å². The Labute approximate surface area is 256 Å². The Morgan fingerprint density at radius 1 is 1.05 bits per heavy atom. The highest BCUT2D eigenvalue weighted by Gasteiger charge is 2.42. The third kappa shape index (κ3) is 8.46. The third-order valence-corrected chi connectivity index (χ3v) is 8.14. The molecular weight excluding hydrogens is 546 g/mol. The van der Waals surface area contributed by atoms with Crippen LogP contribution < -0.4 is 16.0 Å². The normalized spacial score (nSPS) is 14.7. The van der Waals surface area contributed by atoms with Crippen LogP contribution in [-0.4, -0.2) is 77.0 Å². The number of para-hydroxylation sites is 1. The lowest BCUT2D eigenvalue weighted by atomic mass is 9.76. The summed E-state index contributed by atoms with van der Waals surface area (Å²) in [6.45, 7) is 15.3. The number of carbonyl (C=O) groups is 4. The van der Waals surface area contributed by atoms with Gasteiger partial charge in [-0.05, 0) is 36.9 Å². The number of hydrogen-bond donors (Lipinski definition) is 4. The SMILES string of the molecule is CN[C@H](C(=O)NC(C(=O)N(C)[C@H](/C=C(\C)C(=O)NCCC(=O)O)C(C)C)C(C)(C)C)C(C)(C)c1cn(C)c2ccccc12. The van der Waals surface area contributed by atoms with E-state index in [1.54, 1.807) is 32.0 Å². The predicted octanol–water partition coefficient (Wildman–Crippen LogP) is 3.60. The van der Waals surface area contributed by atoms with Crippen LogP contribution in [-0.2, 0) is 31.6 Å². The van der Waals surface area contributed by atoms with Crippen LogP contribution in [0.2, 0.25) is 0 Å². The van der Waals surface area contributed by atoms with Gasteiger partial charge in [-0.3, -0.25) is 19.2 Å². The van der Waals surface area contributed by atoms with Gasteiger partial charge in [0.2, 0.25) is 17.7 Å². The number of amides is 3. The number of likely N-dealkylation sites (N-methyl/N-ethyl adjacent to an activating group) is 2. The first-order valence-electron chi connectivity index (χ1n) is 14.8. The Morgan fingerprint density at radius 2 is 1.65 bits per heavy atom. The minimum Gasteiger partial charge on any atom is -0.481 e. The van der Waals surface area contributed by atoms with Crippen LogP contribution in [0.3, 0.4) is 0 Å². The van der Waals surface area contributed by atoms with Gasteiger partial charge in [0.1, 0.15) is 6.04 Å². The van der Waals surface area contributed by atoms with Gasteiger partial charge in [0.25, 0.3) is 0 Å². The van der Waals surface area contributed by atoms with Gasteiger partial charge in [-0.25, -0.2) is 0 Å². The fourth-order valence-electron chi connectivity index (χ4n) is 5.56. The molecule has 0 saturated heterocycles. The van der Waals surface area contributed by atoms with Gasteiger partial charge in [-0.2, -0.15) is 0 Å². The van der Waals surface area contributed by atoms with Crippen molar-refractivity contribution in [1.82, 2.24) is 25.4 Å². The average molecular weight is 598 g/mol. The first-order valence-corrected chi connectivity index (χ1v) is 14.8. The highest BCUT2D eigenvalue weighted by molar-refractivity contribution is 5.94. The monoisotopic (exact) mass is 597 g/mol. The lowest BCUT2D eigenvalue weighted by Gasteiger charge is -2.39. The van der Waals surface area contributed by atoms with Crippen molar-refractivity contribution in [2.24, 2.45) is 18.4 Å². The van der Waals surface area contributed by atoms with Crippen LogP contribution in [0.15, 0.2) is 42.1 Å². The largest absolute Gasteiger partial charge is 0.481 e. The number of carboxylic acids is 1. The van der Waals surface area contributed by atoms with E-state index in [1.165, 1.54) is 0 Å². The molecule has 10 nitrogen and oxygen atoms in total. The van der Waals surface area contributed by atoms with E-state index < -0.39 is 34.9 Å². The summed E-state index contributed by atoms with van der Waals surface area (Å²) < 4.78 is 2.06. The van der Waals surface area contributed by atoms with Crippen molar-refractivity contribution in [3.05, 3.63) is 47.7 Å². The molecule has 3 atom stereocenters. The van der Waals surface area contributed by atoms with Crippen LogP contribution in [0.4, 0.5) is 0 Å². The smallest absolute Gasteiger partial charge is 0.305 e. The van der Waals surface area contributed by atoms with Crippen LogP contribution in [0.1, 0.15) is 67.4 Å². The quantitative estimate of drug-likeness (QED) is 0.261. The van der Waals surface area contributed by atoms with Crippen molar-refractivity contribution in [3.8, 4) is 0 Å². The van der Waals surface area contributed by atoms with E-state index in [1.807, 2.05) is 67.6 Å². The van der Waals surface area contributed by atoms with E-state index in [4.69, 9.17) is 5.11 Å². The first kappa shape index (κ1) is 35.5. The molecule has 0 aliphatic heterocycles. The maximum absolute atomic E-state index is 14.1. The zero-order valence-electron chi connectivity index (χ0n) is 27.7. The first-order chi connectivity index (χ1) is 19.8. The minimum atomic E-state index is -0.997. The maximum atomic E-state index is 14.1. The Kier molecular flexibility index (Phi) is 11.7. The predicted molar refractivity (Wildman–Crippen MR) is 171 cm³/mol. The zero-order chi connectivity index (χ0) is 32.9. The molecule has 3 amide bonds. The number of carbonyl (C=O) groups excluding carboxylic acids is 3. The van der Waals surface area contributed by atoms with Gasteiger partial charge in [-0.15, -0.1) is 0 Å². The number of carboxylic acid groups (broad SMARTS) is 1. The van der Waals surface area contributed by atoms with Crippen molar-refractivity contribution >= 4 is 34.6 Å². The van der Waals surface area contributed by atoms with E-state index in [0.717, 1.165) is 16.5 Å². The summed E-state index contributed by atoms with van der Waals surface area (Å²) in [5.41, 5.74) is 1.25. The average Bonchev–Trinajstić information content (AvgIpc) is 3.26.